The lowest BCUT2D eigenvalue weighted by atomic mass is 9.94. The van der Waals surface area contributed by atoms with Crippen LogP contribution >= 0.6 is 0 Å². The minimum Gasteiger partial charge on any atom is -0.360 e. The predicted molar refractivity (Wildman–Crippen MR) is 116 cm³/mol. The number of rotatable bonds is 6. The second-order valence-corrected chi connectivity index (χ2v) is 12.3. The largest absolute Gasteiger partial charge is 0.360 e. The van der Waals surface area contributed by atoms with Gasteiger partial charge in [-0.15, -0.1) is 0 Å². The van der Waals surface area contributed by atoms with Gasteiger partial charge in [0.1, 0.15) is 5.76 Å². The van der Waals surface area contributed by atoms with Gasteiger partial charge in [-0.3, -0.25) is 4.79 Å². The van der Waals surface area contributed by atoms with Crippen molar-refractivity contribution < 1.29 is 17.7 Å². The molecule has 1 saturated carbocycles. The van der Waals surface area contributed by atoms with Gasteiger partial charge in [-0.05, 0) is 84.3 Å². The van der Waals surface area contributed by atoms with Gasteiger partial charge in [-0.25, -0.2) is 8.42 Å². The fourth-order valence-corrected chi connectivity index (χ4v) is 8.17. The van der Waals surface area contributed by atoms with E-state index < -0.39 is 10.0 Å². The van der Waals surface area contributed by atoms with Crippen molar-refractivity contribution in [1.82, 2.24) is 19.7 Å². The standard InChI is InChI=1S/C22H34N4O4S/c1-14(15-7-9-25(2)10-8-15)31(28,29)26-18-5-6-19(26)12-17(11-18)23-22(27)20-13-21(30-24-20)16-3-4-16/h13-19H,3-12H2,1-2H3,(H,23,27)/t14-,17?,18-,19+/m1/s1. The van der Waals surface area contributed by atoms with Crippen LogP contribution in [-0.4, -0.2) is 72.2 Å². The molecule has 9 heteroatoms. The van der Waals surface area contributed by atoms with E-state index in [9.17, 15) is 13.2 Å². The minimum absolute atomic E-state index is 0.0119. The van der Waals surface area contributed by atoms with Gasteiger partial charge < -0.3 is 14.7 Å². The van der Waals surface area contributed by atoms with Crippen molar-refractivity contribution in [3.05, 3.63) is 17.5 Å². The summed E-state index contributed by atoms with van der Waals surface area (Å²) in [6.45, 7) is 3.84. The van der Waals surface area contributed by atoms with Crippen molar-refractivity contribution in [3.63, 3.8) is 0 Å². The Bertz CT molecular complexity index is 906. The Hall–Kier alpha value is -1.45. The quantitative estimate of drug-likeness (QED) is 0.715. The average molecular weight is 451 g/mol. The van der Waals surface area contributed by atoms with Crippen molar-refractivity contribution in [2.45, 2.75) is 87.6 Å². The molecule has 4 fully saturated rings. The number of nitrogens with zero attached hydrogens (tertiary/aromatic N) is 3. The van der Waals surface area contributed by atoms with Gasteiger partial charge in [0.2, 0.25) is 10.0 Å². The van der Waals surface area contributed by atoms with Crippen molar-refractivity contribution in [2.24, 2.45) is 5.92 Å². The first-order chi connectivity index (χ1) is 14.8. The molecule has 1 aromatic heterocycles. The second-order valence-electron chi connectivity index (χ2n) is 10.1. The van der Waals surface area contributed by atoms with Crippen molar-refractivity contribution >= 4 is 15.9 Å². The molecule has 1 N–H and O–H groups in total. The third kappa shape index (κ3) is 4.16. The highest BCUT2D eigenvalue weighted by Gasteiger charge is 2.49. The van der Waals surface area contributed by atoms with Gasteiger partial charge in [0.25, 0.3) is 5.91 Å². The molecule has 1 amide bonds. The number of fused-ring (bicyclic) bond motifs is 2. The van der Waals surface area contributed by atoms with Crippen LogP contribution in [0.1, 0.15) is 80.5 Å². The van der Waals surface area contributed by atoms with Crippen LogP contribution in [-0.2, 0) is 10.0 Å². The molecule has 4 atom stereocenters. The summed E-state index contributed by atoms with van der Waals surface area (Å²) in [5, 5.41) is 6.68. The molecule has 4 aliphatic rings. The number of hydrogen-bond acceptors (Lipinski definition) is 6. The average Bonchev–Trinajstić information content (AvgIpc) is 3.40. The Labute approximate surface area is 184 Å². The maximum Gasteiger partial charge on any atom is 0.273 e. The minimum atomic E-state index is -3.34. The van der Waals surface area contributed by atoms with Crippen LogP contribution in [0.25, 0.3) is 0 Å². The summed E-state index contributed by atoms with van der Waals surface area (Å²) in [6.07, 6.45) is 7.20. The third-order valence-corrected chi connectivity index (χ3v) is 10.4. The first-order valence-electron chi connectivity index (χ1n) is 11.8. The van der Waals surface area contributed by atoms with E-state index in [1.54, 1.807) is 6.07 Å². The number of nitrogens with one attached hydrogen (secondary N) is 1. The Morgan fingerprint density at radius 1 is 1.13 bits per heavy atom. The Kier molecular flexibility index (Phi) is 5.63. The molecule has 31 heavy (non-hydrogen) atoms. The normalized spacial score (nSPS) is 31.6. The summed E-state index contributed by atoms with van der Waals surface area (Å²) in [6, 6.07) is 1.71. The molecule has 3 saturated heterocycles. The monoisotopic (exact) mass is 450 g/mol. The molecule has 4 heterocycles. The van der Waals surface area contributed by atoms with E-state index in [1.807, 2.05) is 11.2 Å². The molecule has 0 radical (unpaired) electrons. The molecular formula is C22H34N4O4S. The van der Waals surface area contributed by atoms with E-state index in [0.29, 0.717) is 24.5 Å². The maximum absolute atomic E-state index is 13.6. The zero-order valence-corrected chi connectivity index (χ0v) is 19.3. The first kappa shape index (κ1) is 21.4. The number of sulfonamides is 1. The van der Waals surface area contributed by atoms with Gasteiger partial charge in [0.15, 0.2) is 5.69 Å². The van der Waals surface area contributed by atoms with Crippen molar-refractivity contribution in [1.29, 1.82) is 0 Å². The van der Waals surface area contributed by atoms with E-state index in [-0.39, 0.29) is 35.2 Å². The molecule has 172 valence electrons. The molecule has 5 rings (SSSR count). The molecular weight excluding hydrogens is 416 g/mol. The summed E-state index contributed by atoms with van der Waals surface area (Å²) in [7, 11) is -1.25. The lowest BCUT2D eigenvalue weighted by Crippen LogP contribution is -2.55. The van der Waals surface area contributed by atoms with Crippen LogP contribution in [0.2, 0.25) is 0 Å². The number of hydrogen-bond donors (Lipinski definition) is 1. The summed E-state index contributed by atoms with van der Waals surface area (Å²) in [5.41, 5.74) is 0.334. The van der Waals surface area contributed by atoms with Crippen molar-refractivity contribution in [3.8, 4) is 0 Å². The van der Waals surface area contributed by atoms with Crippen molar-refractivity contribution in [2.75, 3.05) is 20.1 Å². The molecule has 0 spiro atoms. The number of piperidine rings is 2. The smallest absolute Gasteiger partial charge is 0.273 e. The zero-order valence-electron chi connectivity index (χ0n) is 18.5. The summed E-state index contributed by atoms with van der Waals surface area (Å²) in [5.74, 6) is 1.24. The fourth-order valence-electron chi connectivity index (χ4n) is 5.82. The van der Waals surface area contributed by atoms with Gasteiger partial charge in [-0.2, -0.15) is 4.31 Å². The highest BCUT2D eigenvalue weighted by atomic mass is 32.2. The second kappa shape index (κ2) is 8.15. The van der Waals surface area contributed by atoms with E-state index in [4.69, 9.17) is 4.52 Å². The summed E-state index contributed by atoms with van der Waals surface area (Å²) in [4.78, 5) is 14.9. The van der Waals surface area contributed by atoms with Gasteiger partial charge in [0, 0.05) is 30.1 Å². The topological polar surface area (TPSA) is 95.8 Å². The van der Waals surface area contributed by atoms with E-state index in [0.717, 1.165) is 57.4 Å². The number of aromatic nitrogens is 1. The Morgan fingerprint density at radius 2 is 1.77 bits per heavy atom. The Morgan fingerprint density at radius 3 is 2.39 bits per heavy atom. The molecule has 1 aromatic rings. The fraction of sp³-hybridized carbons (Fsp3) is 0.818. The van der Waals surface area contributed by atoms with Crippen LogP contribution in [0.4, 0.5) is 0 Å². The van der Waals surface area contributed by atoms with E-state index in [2.05, 4.69) is 22.4 Å². The third-order valence-electron chi connectivity index (χ3n) is 7.93. The number of amides is 1. The highest BCUT2D eigenvalue weighted by molar-refractivity contribution is 7.89. The van der Waals surface area contributed by atoms with Crippen LogP contribution in [0.5, 0.6) is 0 Å². The zero-order chi connectivity index (χ0) is 21.8. The lowest BCUT2D eigenvalue weighted by molar-refractivity contribution is 0.0899. The summed E-state index contributed by atoms with van der Waals surface area (Å²) >= 11 is 0. The molecule has 8 nitrogen and oxygen atoms in total. The number of likely N-dealkylation sites (tertiary alicyclic amines) is 1. The molecule has 2 bridgehead atoms. The molecule has 1 aliphatic carbocycles. The van der Waals surface area contributed by atoms with Gasteiger partial charge in [-0.1, -0.05) is 5.16 Å². The van der Waals surface area contributed by atoms with Crippen LogP contribution in [0.15, 0.2) is 10.6 Å². The van der Waals surface area contributed by atoms with Crippen LogP contribution in [0, 0.1) is 5.92 Å². The van der Waals surface area contributed by atoms with Gasteiger partial charge >= 0.3 is 0 Å². The molecule has 0 aromatic carbocycles. The first-order valence-corrected chi connectivity index (χ1v) is 13.3. The van der Waals surface area contributed by atoms with Gasteiger partial charge in [0.05, 0.1) is 5.25 Å². The SMILES string of the molecule is C[C@H](C1CCN(C)CC1)S(=O)(=O)N1[C@@H]2CC[C@H]1CC(NC(=O)c1cc(C3CC3)on1)C2. The number of carbonyl (C=O) groups is 1. The Balaban J connectivity index is 1.22. The lowest BCUT2D eigenvalue weighted by Gasteiger charge is -2.41. The van der Waals surface area contributed by atoms with Crippen LogP contribution < -0.4 is 5.32 Å². The summed E-state index contributed by atoms with van der Waals surface area (Å²) < 4.78 is 34.2. The van der Waals surface area contributed by atoms with Crippen LogP contribution in [0.3, 0.4) is 0 Å². The number of carbonyl (C=O) groups excluding carboxylic acids is 1. The molecule has 3 aliphatic heterocycles. The molecule has 1 unspecified atom stereocenters. The van der Waals surface area contributed by atoms with E-state index in [1.165, 1.54) is 0 Å². The highest BCUT2D eigenvalue weighted by Crippen LogP contribution is 2.41. The maximum atomic E-state index is 13.6. The predicted octanol–water partition coefficient (Wildman–Crippen LogP) is 2.34. The van der Waals surface area contributed by atoms with E-state index >= 15 is 0 Å².